The largest absolute Gasteiger partial charge is 0.481 e. The van der Waals surface area contributed by atoms with Crippen molar-refractivity contribution in [1.82, 2.24) is 9.97 Å². The minimum Gasteiger partial charge on any atom is -0.481 e. The molecule has 3 rings (SSSR count). The summed E-state index contributed by atoms with van der Waals surface area (Å²) in [5.41, 5.74) is 9.37. The number of rotatable bonds is 4. The Labute approximate surface area is 151 Å². The summed E-state index contributed by atoms with van der Waals surface area (Å²) in [7, 11) is 0. The van der Waals surface area contributed by atoms with Gasteiger partial charge in [0.15, 0.2) is 0 Å². The zero-order valence-electron chi connectivity index (χ0n) is 14.9. The van der Waals surface area contributed by atoms with Crippen LogP contribution < -0.4 is 10.6 Å². The Morgan fingerprint density at radius 1 is 1.08 bits per heavy atom. The van der Waals surface area contributed by atoms with Crippen molar-refractivity contribution in [3.8, 4) is 11.3 Å². The summed E-state index contributed by atoms with van der Waals surface area (Å²) < 4.78 is 0. The molecule has 2 heterocycles. The van der Waals surface area contributed by atoms with Crippen molar-refractivity contribution < 1.29 is 14.7 Å². The van der Waals surface area contributed by atoms with Gasteiger partial charge in [0.25, 0.3) is 5.91 Å². The fourth-order valence-corrected chi connectivity index (χ4v) is 3.35. The number of anilines is 1. The second-order valence-corrected chi connectivity index (χ2v) is 6.60. The first-order chi connectivity index (χ1) is 12.4. The van der Waals surface area contributed by atoms with Crippen molar-refractivity contribution in [3.63, 3.8) is 0 Å². The van der Waals surface area contributed by atoms with Crippen LogP contribution in [-0.2, 0) is 4.79 Å². The third-order valence-electron chi connectivity index (χ3n) is 4.83. The minimum absolute atomic E-state index is 0.186. The third-order valence-corrected chi connectivity index (χ3v) is 4.83. The molecule has 26 heavy (non-hydrogen) atoms. The highest BCUT2D eigenvalue weighted by atomic mass is 16.4. The minimum atomic E-state index is -0.710. The average molecular weight is 354 g/mol. The predicted molar refractivity (Wildman–Crippen MR) is 98.0 cm³/mol. The molecule has 1 aliphatic heterocycles. The lowest BCUT2D eigenvalue weighted by molar-refractivity contribution is -0.142. The van der Waals surface area contributed by atoms with Crippen LogP contribution in [0.25, 0.3) is 11.3 Å². The van der Waals surface area contributed by atoms with E-state index in [2.05, 4.69) is 14.9 Å². The van der Waals surface area contributed by atoms with Gasteiger partial charge in [-0.05, 0) is 38.8 Å². The van der Waals surface area contributed by atoms with Crippen molar-refractivity contribution in [2.45, 2.75) is 26.7 Å². The maximum atomic E-state index is 11.5. The molecule has 1 saturated heterocycles. The Kier molecular flexibility index (Phi) is 4.88. The van der Waals surface area contributed by atoms with Gasteiger partial charge in [0, 0.05) is 24.3 Å². The van der Waals surface area contributed by atoms with Crippen molar-refractivity contribution in [2.24, 2.45) is 11.7 Å². The Balaban J connectivity index is 1.81. The lowest BCUT2D eigenvalue weighted by Gasteiger charge is -2.32. The van der Waals surface area contributed by atoms with Crippen molar-refractivity contribution in [2.75, 3.05) is 18.0 Å². The first-order valence-corrected chi connectivity index (χ1v) is 8.60. The number of nitrogens with zero attached hydrogens (tertiary/aromatic N) is 3. The smallest absolute Gasteiger partial charge is 0.306 e. The Bertz CT molecular complexity index is 841. The van der Waals surface area contributed by atoms with Crippen LogP contribution in [0.4, 0.5) is 5.69 Å². The van der Waals surface area contributed by atoms with Gasteiger partial charge >= 0.3 is 5.97 Å². The van der Waals surface area contributed by atoms with E-state index in [-0.39, 0.29) is 11.6 Å². The quantitative estimate of drug-likeness (QED) is 0.871. The van der Waals surface area contributed by atoms with E-state index in [9.17, 15) is 9.59 Å². The molecule has 1 aromatic heterocycles. The van der Waals surface area contributed by atoms with Gasteiger partial charge in [-0.15, -0.1) is 0 Å². The van der Waals surface area contributed by atoms with E-state index in [4.69, 9.17) is 10.8 Å². The van der Waals surface area contributed by atoms with Crippen LogP contribution in [0.3, 0.4) is 0 Å². The number of carboxylic acid groups (broad SMARTS) is 1. The number of piperidine rings is 1. The number of amides is 1. The number of benzene rings is 1. The Morgan fingerprint density at radius 3 is 2.23 bits per heavy atom. The average Bonchev–Trinajstić information content (AvgIpc) is 2.62. The van der Waals surface area contributed by atoms with Crippen LogP contribution in [0, 0.1) is 19.8 Å². The highest BCUT2D eigenvalue weighted by molar-refractivity contribution is 5.92. The number of aromatic nitrogens is 2. The molecule has 0 spiro atoms. The van der Waals surface area contributed by atoms with Gasteiger partial charge in [-0.3, -0.25) is 14.6 Å². The summed E-state index contributed by atoms with van der Waals surface area (Å²) in [5, 5.41) is 9.10. The molecular formula is C19H22N4O3. The molecule has 0 bridgehead atoms. The molecule has 7 nitrogen and oxygen atoms in total. The van der Waals surface area contributed by atoms with Crippen LogP contribution in [0.2, 0.25) is 0 Å². The summed E-state index contributed by atoms with van der Waals surface area (Å²) in [6, 6.07) is 7.86. The van der Waals surface area contributed by atoms with Gasteiger partial charge in [-0.2, -0.15) is 0 Å². The monoisotopic (exact) mass is 354 g/mol. The zero-order valence-corrected chi connectivity index (χ0v) is 14.9. The number of aliphatic carboxylic acids is 1. The number of carbonyl (C=O) groups is 2. The third kappa shape index (κ3) is 3.51. The van der Waals surface area contributed by atoms with Gasteiger partial charge in [-0.25, -0.2) is 4.98 Å². The second kappa shape index (κ2) is 7.11. The number of nitrogens with two attached hydrogens (primary N) is 1. The van der Waals surface area contributed by atoms with E-state index < -0.39 is 11.9 Å². The zero-order chi connectivity index (χ0) is 18.8. The number of primary amides is 1. The van der Waals surface area contributed by atoms with Gasteiger partial charge in [-0.1, -0.05) is 12.1 Å². The number of aryl methyl sites for hydroxylation is 2. The molecule has 0 unspecified atom stereocenters. The van der Waals surface area contributed by atoms with Gasteiger partial charge in [0.1, 0.15) is 5.69 Å². The maximum Gasteiger partial charge on any atom is 0.306 e. The first-order valence-electron chi connectivity index (χ1n) is 8.60. The van der Waals surface area contributed by atoms with Crippen LogP contribution in [0.5, 0.6) is 0 Å². The highest BCUT2D eigenvalue weighted by Crippen LogP contribution is 2.27. The molecule has 3 N–H and O–H groups in total. The summed E-state index contributed by atoms with van der Waals surface area (Å²) in [5.74, 6) is -1.55. The summed E-state index contributed by atoms with van der Waals surface area (Å²) in [6.07, 6.45) is 1.31. The fraction of sp³-hybridized carbons (Fsp3) is 0.368. The van der Waals surface area contributed by atoms with E-state index in [1.54, 1.807) is 6.92 Å². The Hall–Kier alpha value is -2.96. The lowest BCUT2D eigenvalue weighted by Crippen LogP contribution is -2.36. The number of hydrogen-bond donors (Lipinski definition) is 2. The molecule has 1 amide bonds. The maximum absolute atomic E-state index is 11.5. The standard InChI is InChI=1S/C19H22N4O3/c1-11-16(22-17(18(20)24)12(2)21-11)13-3-5-15(6-4-13)23-9-7-14(8-10-23)19(25)26/h3-6,14H,7-10H2,1-2H3,(H2,20,24)(H,25,26). The van der Waals surface area contributed by atoms with Crippen LogP contribution in [-0.4, -0.2) is 40.0 Å². The number of carbonyl (C=O) groups excluding carboxylic acids is 1. The van der Waals surface area contributed by atoms with E-state index >= 15 is 0 Å². The van der Waals surface area contributed by atoms with Gasteiger partial charge in [0.2, 0.25) is 0 Å². The molecule has 2 aromatic rings. The number of carboxylic acids is 1. The topological polar surface area (TPSA) is 109 Å². The molecule has 0 radical (unpaired) electrons. The molecule has 136 valence electrons. The molecule has 1 aliphatic rings. The van der Waals surface area contributed by atoms with E-state index in [0.29, 0.717) is 24.2 Å². The fourth-order valence-electron chi connectivity index (χ4n) is 3.35. The second-order valence-electron chi connectivity index (χ2n) is 6.60. The van der Waals surface area contributed by atoms with Gasteiger partial charge in [0.05, 0.1) is 23.0 Å². The number of hydrogen-bond acceptors (Lipinski definition) is 5. The van der Waals surface area contributed by atoms with Crippen LogP contribution in [0.15, 0.2) is 24.3 Å². The molecule has 1 aromatic carbocycles. The lowest BCUT2D eigenvalue weighted by atomic mass is 9.96. The highest BCUT2D eigenvalue weighted by Gasteiger charge is 2.24. The summed E-state index contributed by atoms with van der Waals surface area (Å²) in [6.45, 7) is 5.02. The molecule has 0 atom stereocenters. The van der Waals surface area contributed by atoms with Crippen molar-refractivity contribution >= 4 is 17.6 Å². The molecule has 0 saturated carbocycles. The van der Waals surface area contributed by atoms with E-state index in [1.165, 1.54) is 0 Å². The van der Waals surface area contributed by atoms with Crippen molar-refractivity contribution in [1.29, 1.82) is 0 Å². The normalized spacial score (nSPS) is 15.1. The van der Waals surface area contributed by atoms with Crippen LogP contribution >= 0.6 is 0 Å². The summed E-state index contributed by atoms with van der Waals surface area (Å²) >= 11 is 0. The Morgan fingerprint density at radius 2 is 1.69 bits per heavy atom. The van der Waals surface area contributed by atoms with Crippen molar-refractivity contribution in [3.05, 3.63) is 41.3 Å². The molecule has 7 heteroatoms. The summed E-state index contributed by atoms with van der Waals surface area (Å²) in [4.78, 5) is 33.6. The van der Waals surface area contributed by atoms with Crippen LogP contribution in [0.1, 0.15) is 34.7 Å². The SMILES string of the molecule is Cc1nc(C)c(-c2ccc(N3CCC(C(=O)O)CC3)cc2)nc1C(N)=O. The molecular weight excluding hydrogens is 332 g/mol. The van der Waals surface area contributed by atoms with E-state index in [0.717, 1.165) is 30.0 Å². The predicted octanol–water partition coefficient (Wildman–Crippen LogP) is 2.16. The van der Waals surface area contributed by atoms with E-state index in [1.807, 2.05) is 31.2 Å². The molecule has 1 fully saturated rings. The van der Waals surface area contributed by atoms with Gasteiger partial charge < -0.3 is 15.7 Å². The molecule has 0 aliphatic carbocycles. The first kappa shape index (κ1) is 17.8.